The molecule has 2 saturated carbocycles. The van der Waals surface area contributed by atoms with Gasteiger partial charge in [-0.3, -0.25) is 4.79 Å². The Hall–Kier alpha value is -0.330. The zero-order valence-electron chi connectivity index (χ0n) is 10.9. The van der Waals surface area contributed by atoms with Gasteiger partial charge in [0.05, 0.1) is 0 Å². The molecule has 0 radical (unpaired) electrons. The second-order valence-corrected chi connectivity index (χ2v) is 6.10. The number of carbonyl (C=O) groups excluding carboxylic acids is 1. The SMILES string of the molecule is CCC1CCC([C@@H]2CC[C@@H](C)C(=O)C2)CC1. The minimum absolute atomic E-state index is 0.350. The second kappa shape index (κ2) is 5.33. The zero-order valence-corrected chi connectivity index (χ0v) is 10.9. The summed E-state index contributed by atoms with van der Waals surface area (Å²) in [5.74, 6) is 3.48. The molecule has 92 valence electrons. The molecule has 16 heavy (non-hydrogen) atoms. The molecule has 0 heterocycles. The van der Waals surface area contributed by atoms with Crippen LogP contribution < -0.4 is 0 Å². The molecule has 2 rings (SSSR count). The summed E-state index contributed by atoms with van der Waals surface area (Å²) < 4.78 is 0. The number of hydrogen-bond acceptors (Lipinski definition) is 1. The van der Waals surface area contributed by atoms with E-state index in [1.165, 1.54) is 38.5 Å². The van der Waals surface area contributed by atoms with Gasteiger partial charge in [0.15, 0.2) is 0 Å². The molecule has 0 unspecified atom stereocenters. The molecule has 0 amide bonds. The van der Waals surface area contributed by atoms with Gasteiger partial charge in [-0.05, 0) is 43.4 Å². The van der Waals surface area contributed by atoms with Crippen molar-refractivity contribution in [3.05, 3.63) is 0 Å². The van der Waals surface area contributed by atoms with E-state index in [-0.39, 0.29) is 0 Å². The first kappa shape index (κ1) is 12.1. The monoisotopic (exact) mass is 222 g/mol. The summed E-state index contributed by atoms with van der Waals surface area (Å²) in [6, 6.07) is 0. The predicted octanol–water partition coefficient (Wildman–Crippen LogP) is 4.21. The molecule has 1 heteroatoms. The summed E-state index contributed by atoms with van der Waals surface area (Å²) in [4.78, 5) is 11.8. The summed E-state index contributed by atoms with van der Waals surface area (Å²) >= 11 is 0. The Labute approximate surface area is 100.0 Å². The lowest BCUT2D eigenvalue weighted by atomic mass is 9.69. The second-order valence-electron chi connectivity index (χ2n) is 6.10. The van der Waals surface area contributed by atoms with E-state index in [1.54, 1.807) is 0 Å². The van der Waals surface area contributed by atoms with Crippen molar-refractivity contribution in [2.45, 2.75) is 65.2 Å². The summed E-state index contributed by atoms with van der Waals surface area (Å²) in [7, 11) is 0. The van der Waals surface area contributed by atoms with Crippen molar-refractivity contribution in [2.24, 2.45) is 23.7 Å². The van der Waals surface area contributed by atoms with Crippen LogP contribution in [0.1, 0.15) is 65.2 Å². The highest BCUT2D eigenvalue weighted by Gasteiger charge is 2.32. The van der Waals surface area contributed by atoms with Gasteiger partial charge in [0.2, 0.25) is 0 Å². The Morgan fingerprint density at radius 3 is 2.19 bits per heavy atom. The van der Waals surface area contributed by atoms with Crippen molar-refractivity contribution in [2.75, 3.05) is 0 Å². The minimum Gasteiger partial charge on any atom is -0.299 e. The van der Waals surface area contributed by atoms with E-state index in [0.29, 0.717) is 11.7 Å². The van der Waals surface area contributed by atoms with E-state index >= 15 is 0 Å². The topological polar surface area (TPSA) is 17.1 Å². The first-order valence-corrected chi connectivity index (χ1v) is 7.23. The number of Topliss-reactive ketones (excluding diaryl/α,β-unsaturated/α-hetero) is 1. The molecule has 0 aromatic heterocycles. The van der Waals surface area contributed by atoms with Crippen LogP contribution in [-0.2, 0) is 4.79 Å². The quantitative estimate of drug-likeness (QED) is 0.684. The van der Waals surface area contributed by atoms with Crippen molar-refractivity contribution in [1.82, 2.24) is 0 Å². The molecule has 0 spiro atoms. The summed E-state index contributed by atoms with van der Waals surface area (Å²) in [6.45, 7) is 4.42. The van der Waals surface area contributed by atoms with Gasteiger partial charge in [0, 0.05) is 12.3 Å². The molecule has 2 fully saturated rings. The Balaban J connectivity index is 1.83. The number of ketones is 1. The van der Waals surface area contributed by atoms with Gasteiger partial charge in [-0.1, -0.05) is 33.1 Å². The molecular formula is C15H26O. The van der Waals surface area contributed by atoms with Crippen molar-refractivity contribution < 1.29 is 4.79 Å². The molecule has 0 aliphatic heterocycles. The molecule has 0 bridgehead atoms. The van der Waals surface area contributed by atoms with Gasteiger partial charge in [0.25, 0.3) is 0 Å². The standard InChI is InChI=1S/C15H26O/c1-3-12-5-8-13(9-6-12)14-7-4-11(2)15(16)10-14/h11-14H,3-10H2,1-2H3/t11-,12?,13?,14-/m1/s1. The summed E-state index contributed by atoms with van der Waals surface area (Å²) in [6.07, 6.45) is 10.3. The van der Waals surface area contributed by atoms with E-state index < -0.39 is 0 Å². The fourth-order valence-electron chi connectivity index (χ4n) is 3.66. The Morgan fingerprint density at radius 1 is 1.00 bits per heavy atom. The molecule has 2 aliphatic carbocycles. The normalized spacial score (nSPS) is 41.0. The van der Waals surface area contributed by atoms with Crippen LogP contribution in [0.3, 0.4) is 0 Å². The molecule has 0 aromatic carbocycles. The maximum atomic E-state index is 11.8. The third-order valence-electron chi connectivity index (χ3n) is 5.12. The van der Waals surface area contributed by atoms with Gasteiger partial charge >= 0.3 is 0 Å². The molecule has 0 N–H and O–H groups in total. The first-order chi connectivity index (χ1) is 7.70. The highest BCUT2D eigenvalue weighted by Crippen LogP contribution is 2.40. The minimum atomic E-state index is 0.350. The van der Waals surface area contributed by atoms with Crippen LogP contribution in [0.5, 0.6) is 0 Å². The van der Waals surface area contributed by atoms with Gasteiger partial charge in [-0.2, -0.15) is 0 Å². The largest absolute Gasteiger partial charge is 0.299 e. The molecule has 2 atom stereocenters. The van der Waals surface area contributed by atoms with Crippen LogP contribution in [0, 0.1) is 23.7 Å². The van der Waals surface area contributed by atoms with Gasteiger partial charge < -0.3 is 0 Å². The van der Waals surface area contributed by atoms with Crippen molar-refractivity contribution in [3.8, 4) is 0 Å². The van der Waals surface area contributed by atoms with E-state index in [1.807, 2.05) is 0 Å². The number of hydrogen-bond donors (Lipinski definition) is 0. The molecule has 0 saturated heterocycles. The maximum absolute atomic E-state index is 11.8. The van der Waals surface area contributed by atoms with Crippen LogP contribution in [0.15, 0.2) is 0 Å². The lowest BCUT2D eigenvalue weighted by Crippen LogP contribution is -2.30. The van der Waals surface area contributed by atoms with E-state index in [9.17, 15) is 4.79 Å². The Kier molecular flexibility index (Phi) is 4.05. The zero-order chi connectivity index (χ0) is 11.5. The van der Waals surface area contributed by atoms with Crippen molar-refractivity contribution >= 4 is 5.78 Å². The van der Waals surface area contributed by atoms with Crippen LogP contribution in [0.25, 0.3) is 0 Å². The van der Waals surface area contributed by atoms with Gasteiger partial charge in [-0.15, -0.1) is 0 Å². The fraction of sp³-hybridized carbons (Fsp3) is 0.933. The van der Waals surface area contributed by atoms with Crippen LogP contribution in [0.4, 0.5) is 0 Å². The Bertz CT molecular complexity index is 238. The molecule has 0 aromatic rings. The maximum Gasteiger partial charge on any atom is 0.135 e. The lowest BCUT2D eigenvalue weighted by molar-refractivity contribution is -0.126. The average Bonchev–Trinajstić information content (AvgIpc) is 2.33. The first-order valence-electron chi connectivity index (χ1n) is 7.23. The van der Waals surface area contributed by atoms with E-state index in [0.717, 1.165) is 30.6 Å². The van der Waals surface area contributed by atoms with Crippen LogP contribution in [-0.4, -0.2) is 5.78 Å². The van der Waals surface area contributed by atoms with E-state index in [2.05, 4.69) is 13.8 Å². The number of carbonyl (C=O) groups is 1. The molecular weight excluding hydrogens is 196 g/mol. The van der Waals surface area contributed by atoms with Gasteiger partial charge in [-0.25, -0.2) is 0 Å². The highest BCUT2D eigenvalue weighted by atomic mass is 16.1. The van der Waals surface area contributed by atoms with Gasteiger partial charge in [0.1, 0.15) is 5.78 Å². The predicted molar refractivity (Wildman–Crippen MR) is 67.3 cm³/mol. The van der Waals surface area contributed by atoms with Crippen molar-refractivity contribution in [1.29, 1.82) is 0 Å². The molecule has 1 nitrogen and oxygen atoms in total. The lowest BCUT2D eigenvalue weighted by Gasteiger charge is -2.36. The van der Waals surface area contributed by atoms with Crippen molar-refractivity contribution in [3.63, 3.8) is 0 Å². The Morgan fingerprint density at radius 2 is 1.62 bits per heavy atom. The number of rotatable bonds is 2. The average molecular weight is 222 g/mol. The third kappa shape index (κ3) is 2.67. The fourth-order valence-corrected chi connectivity index (χ4v) is 3.66. The summed E-state index contributed by atoms with van der Waals surface area (Å²) in [5, 5.41) is 0. The molecule has 2 aliphatic rings. The highest BCUT2D eigenvalue weighted by molar-refractivity contribution is 5.81. The smallest absolute Gasteiger partial charge is 0.135 e. The summed E-state index contributed by atoms with van der Waals surface area (Å²) in [5.41, 5.74) is 0. The van der Waals surface area contributed by atoms with Crippen LogP contribution >= 0.6 is 0 Å². The van der Waals surface area contributed by atoms with E-state index in [4.69, 9.17) is 0 Å². The van der Waals surface area contributed by atoms with Crippen LogP contribution in [0.2, 0.25) is 0 Å². The third-order valence-corrected chi connectivity index (χ3v) is 5.12.